The van der Waals surface area contributed by atoms with Crippen LogP contribution in [0, 0.1) is 0 Å². The Kier molecular flexibility index (Phi) is 8.15. The standard InChI is InChI=1S/C55H32N6S2/c1-4-15-33(16-5-1)49-48-41-22-11-13-26-47(41)63-54(48)58-53(56-49)37-28-30-45-43(32-37)42-31-36(38-23-14-24-40-39-21-10-12-25-46(39)62-50(38)40)27-29-44(42)61(45)55-59-51(34-17-6-2-7-18-34)57-52(60-55)35-19-8-3-9-20-35/h1-32H. The summed E-state index contributed by atoms with van der Waals surface area (Å²) in [4.78, 5) is 27.1. The van der Waals surface area contributed by atoms with Crippen LogP contribution >= 0.6 is 22.7 Å². The fraction of sp³-hybridized carbons (Fsp3) is 0. The molecule has 6 nitrogen and oxygen atoms in total. The Hall–Kier alpha value is -7.91. The third kappa shape index (κ3) is 5.87. The first-order valence-electron chi connectivity index (χ1n) is 20.8. The highest BCUT2D eigenvalue weighted by molar-refractivity contribution is 7.26. The van der Waals surface area contributed by atoms with E-state index >= 15 is 0 Å². The Morgan fingerprint density at radius 1 is 0.349 bits per heavy atom. The van der Waals surface area contributed by atoms with Crippen LogP contribution in [0.15, 0.2) is 194 Å². The maximum Gasteiger partial charge on any atom is 0.238 e. The van der Waals surface area contributed by atoms with Gasteiger partial charge in [-0.2, -0.15) is 9.97 Å². The zero-order valence-corrected chi connectivity index (χ0v) is 35.1. The minimum atomic E-state index is 0.545. The van der Waals surface area contributed by atoms with E-state index in [9.17, 15) is 0 Å². The molecule has 8 heteroatoms. The normalized spacial score (nSPS) is 11.8. The SMILES string of the molecule is c1ccc(-c2nc(-c3ccccc3)nc(-n3c4ccc(-c5nc(-c6ccccc6)c6c(n5)sc5ccccc56)cc4c4cc(-c5cccc6c5sc5ccccc56)ccc43)n2)cc1. The molecule has 13 rings (SSSR count). The zero-order chi connectivity index (χ0) is 41.4. The molecule has 294 valence electrons. The van der Waals surface area contributed by atoms with E-state index in [-0.39, 0.29) is 0 Å². The van der Waals surface area contributed by atoms with Crippen LogP contribution in [0.25, 0.3) is 125 Å². The van der Waals surface area contributed by atoms with Crippen LogP contribution in [0.5, 0.6) is 0 Å². The van der Waals surface area contributed by atoms with Crippen LogP contribution in [-0.2, 0) is 0 Å². The Morgan fingerprint density at radius 3 is 1.57 bits per heavy atom. The summed E-state index contributed by atoms with van der Waals surface area (Å²) >= 11 is 3.56. The van der Waals surface area contributed by atoms with Crippen molar-refractivity contribution in [3.8, 4) is 62.5 Å². The second-order valence-corrected chi connectivity index (χ2v) is 17.7. The molecule has 0 fully saturated rings. The zero-order valence-electron chi connectivity index (χ0n) is 33.5. The lowest BCUT2D eigenvalue weighted by Crippen LogP contribution is -2.06. The smallest absolute Gasteiger partial charge is 0.238 e. The van der Waals surface area contributed by atoms with E-state index in [4.69, 9.17) is 24.9 Å². The molecule has 13 aromatic rings. The van der Waals surface area contributed by atoms with E-state index in [1.165, 1.54) is 35.8 Å². The first-order chi connectivity index (χ1) is 31.2. The molecule has 0 saturated heterocycles. The summed E-state index contributed by atoms with van der Waals surface area (Å²) in [5.74, 6) is 2.44. The highest BCUT2D eigenvalue weighted by Gasteiger charge is 2.22. The summed E-state index contributed by atoms with van der Waals surface area (Å²) in [5.41, 5.74) is 9.07. The number of benzene rings is 8. The molecule has 0 spiro atoms. The van der Waals surface area contributed by atoms with Crippen molar-refractivity contribution >= 4 is 85.0 Å². The van der Waals surface area contributed by atoms with Gasteiger partial charge in [0.25, 0.3) is 0 Å². The summed E-state index contributed by atoms with van der Waals surface area (Å²) in [6.45, 7) is 0. The lowest BCUT2D eigenvalue weighted by Gasteiger charge is -2.11. The summed E-state index contributed by atoms with van der Waals surface area (Å²) in [5, 5.41) is 6.94. The van der Waals surface area contributed by atoms with Gasteiger partial charge in [0.15, 0.2) is 17.5 Å². The highest BCUT2D eigenvalue weighted by Crippen LogP contribution is 2.44. The molecule has 5 heterocycles. The van der Waals surface area contributed by atoms with Gasteiger partial charge < -0.3 is 0 Å². The van der Waals surface area contributed by atoms with Crippen molar-refractivity contribution in [1.82, 2.24) is 29.5 Å². The van der Waals surface area contributed by atoms with Gasteiger partial charge in [-0.15, -0.1) is 22.7 Å². The number of nitrogens with zero attached hydrogens (tertiary/aromatic N) is 6. The third-order valence-electron chi connectivity index (χ3n) is 11.9. The van der Waals surface area contributed by atoms with Gasteiger partial charge in [-0.25, -0.2) is 15.0 Å². The molecule has 0 amide bonds. The molecule has 0 N–H and O–H groups in total. The molecule has 0 bridgehead atoms. The van der Waals surface area contributed by atoms with Crippen LogP contribution in [0.1, 0.15) is 0 Å². The minimum absolute atomic E-state index is 0.545. The minimum Gasteiger partial charge on any atom is -0.278 e. The van der Waals surface area contributed by atoms with Gasteiger partial charge in [-0.05, 0) is 53.6 Å². The molecule has 63 heavy (non-hydrogen) atoms. The van der Waals surface area contributed by atoms with Crippen molar-refractivity contribution in [3.63, 3.8) is 0 Å². The number of fused-ring (bicyclic) bond motifs is 9. The van der Waals surface area contributed by atoms with Crippen LogP contribution in [0.3, 0.4) is 0 Å². The van der Waals surface area contributed by atoms with E-state index in [0.717, 1.165) is 65.5 Å². The molecule has 0 aliphatic carbocycles. The Balaban J connectivity index is 1.08. The largest absolute Gasteiger partial charge is 0.278 e. The second-order valence-electron chi connectivity index (χ2n) is 15.6. The molecule has 0 saturated carbocycles. The van der Waals surface area contributed by atoms with Gasteiger partial charge in [0.2, 0.25) is 5.95 Å². The van der Waals surface area contributed by atoms with Crippen LogP contribution in [0.4, 0.5) is 0 Å². The predicted octanol–water partition coefficient (Wildman–Crippen LogP) is 14.8. The topological polar surface area (TPSA) is 69.4 Å². The molecule has 5 aromatic heterocycles. The van der Waals surface area contributed by atoms with Crippen molar-refractivity contribution in [2.24, 2.45) is 0 Å². The molecular formula is C55H32N6S2. The number of aromatic nitrogens is 6. The number of hydrogen-bond donors (Lipinski definition) is 0. The monoisotopic (exact) mass is 840 g/mol. The van der Waals surface area contributed by atoms with Crippen molar-refractivity contribution < 1.29 is 0 Å². The first-order valence-corrected chi connectivity index (χ1v) is 22.5. The van der Waals surface area contributed by atoms with Crippen molar-refractivity contribution in [2.45, 2.75) is 0 Å². The van der Waals surface area contributed by atoms with Gasteiger partial charge in [-0.3, -0.25) is 4.57 Å². The quantitative estimate of drug-likeness (QED) is 0.167. The Bertz CT molecular complexity index is 3850. The van der Waals surface area contributed by atoms with Gasteiger partial charge in [-0.1, -0.05) is 152 Å². The Morgan fingerprint density at radius 2 is 0.889 bits per heavy atom. The fourth-order valence-electron chi connectivity index (χ4n) is 8.97. The summed E-state index contributed by atoms with van der Waals surface area (Å²) < 4.78 is 5.94. The second kappa shape index (κ2) is 14.3. The first kappa shape index (κ1) is 35.8. The number of rotatable bonds is 6. The van der Waals surface area contributed by atoms with Crippen molar-refractivity contribution in [3.05, 3.63) is 194 Å². The van der Waals surface area contributed by atoms with E-state index in [2.05, 4.69) is 132 Å². The summed E-state index contributed by atoms with van der Waals surface area (Å²) in [6.07, 6.45) is 0. The van der Waals surface area contributed by atoms with E-state index in [1.807, 2.05) is 78.1 Å². The fourth-order valence-corrected chi connectivity index (χ4v) is 11.3. The van der Waals surface area contributed by atoms with Crippen molar-refractivity contribution in [1.29, 1.82) is 0 Å². The highest BCUT2D eigenvalue weighted by atomic mass is 32.1. The molecule has 0 radical (unpaired) electrons. The number of thiophene rings is 2. The molecule has 8 aromatic carbocycles. The van der Waals surface area contributed by atoms with Gasteiger partial charge >= 0.3 is 0 Å². The molecule has 0 unspecified atom stereocenters. The van der Waals surface area contributed by atoms with Crippen molar-refractivity contribution in [2.75, 3.05) is 0 Å². The average Bonchev–Trinajstić information content (AvgIpc) is 4.03. The molecule has 0 atom stereocenters. The molecule has 0 aliphatic rings. The third-order valence-corrected chi connectivity index (χ3v) is 14.2. The van der Waals surface area contributed by atoms with E-state index in [0.29, 0.717) is 23.4 Å². The van der Waals surface area contributed by atoms with E-state index in [1.54, 1.807) is 11.3 Å². The van der Waals surface area contributed by atoms with Crippen LogP contribution in [-0.4, -0.2) is 29.5 Å². The van der Waals surface area contributed by atoms with E-state index < -0.39 is 0 Å². The van der Waals surface area contributed by atoms with Crippen LogP contribution in [0.2, 0.25) is 0 Å². The average molecular weight is 841 g/mol. The molecule has 0 aliphatic heterocycles. The predicted molar refractivity (Wildman–Crippen MR) is 263 cm³/mol. The maximum atomic E-state index is 5.38. The van der Waals surface area contributed by atoms with Gasteiger partial charge in [0.05, 0.1) is 16.7 Å². The lowest BCUT2D eigenvalue weighted by atomic mass is 10.00. The maximum absolute atomic E-state index is 5.38. The summed E-state index contributed by atoms with van der Waals surface area (Å²) in [6, 6.07) is 67.9. The summed E-state index contributed by atoms with van der Waals surface area (Å²) in [7, 11) is 0. The lowest BCUT2D eigenvalue weighted by molar-refractivity contribution is 0.953. The number of hydrogen-bond acceptors (Lipinski definition) is 7. The molecular weight excluding hydrogens is 809 g/mol. The Labute approximate surface area is 369 Å². The van der Waals surface area contributed by atoms with Gasteiger partial charge in [0, 0.05) is 68.7 Å². The van der Waals surface area contributed by atoms with Crippen LogP contribution < -0.4 is 0 Å². The van der Waals surface area contributed by atoms with Gasteiger partial charge in [0.1, 0.15) is 4.83 Å².